The highest BCUT2D eigenvalue weighted by atomic mass is 35.5. The number of halogens is 2. The summed E-state index contributed by atoms with van der Waals surface area (Å²) in [6.45, 7) is 4.22. The van der Waals surface area contributed by atoms with Crippen molar-refractivity contribution in [2.75, 3.05) is 19.6 Å². The van der Waals surface area contributed by atoms with Crippen molar-refractivity contribution in [1.82, 2.24) is 10.2 Å². The number of carboxylic acids is 1. The first kappa shape index (κ1) is 18.7. The van der Waals surface area contributed by atoms with Crippen LogP contribution < -0.4 is 5.32 Å². The van der Waals surface area contributed by atoms with Crippen LogP contribution >= 0.6 is 23.2 Å². The highest BCUT2D eigenvalue weighted by molar-refractivity contribution is 6.42. The Labute approximate surface area is 140 Å². The first-order valence-electron chi connectivity index (χ1n) is 7.02. The van der Waals surface area contributed by atoms with Crippen LogP contribution in [0.1, 0.15) is 31.9 Å². The lowest BCUT2D eigenvalue weighted by atomic mass is 10.1. The van der Waals surface area contributed by atoms with Crippen LogP contribution in [-0.4, -0.2) is 41.5 Å². The molecule has 0 saturated carbocycles. The lowest BCUT2D eigenvalue weighted by Gasteiger charge is -2.21. The number of carbonyl (C=O) groups excluding carboxylic acids is 1. The number of benzene rings is 1. The minimum atomic E-state index is -0.946. The fraction of sp³-hybridized carbons (Fsp3) is 0.467. The summed E-state index contributed by atoms with van der Waals surface area (Å²) in [7, 11) is 0. The molecule has 0 aliphatic heterocycles. The predicted molar refractivity (Wildman–Crippen MR) is 87.4 cm³/mol. The number of nitrogens with one attached hydrogen (secondary N) is 1. The van der Waals surface area contributed by atoms with Gasteiger partial charge in [0, 0.05) is 0 Å². The maximum atomic E-state index is 12.0. The van der Waals surface area contributed by atoms with Crippen molar-refractivity contribution in [2.45, 2.75) is 26.3 Å². The van der Waals surface area contributed by atoms with Gasteiger partial charge in [-0.2, -0.15) is 0 Å². The molecule has 1 aromatic carbocycles. The van der Waals surface area contributed by atoms with Crippen molar-refractivity contribution >= 4 is 35.1 Å². The van der Waals surface area contributed by atoms with Crippen LogP contribution in [0.5, 0.6) is 0 Å². The van der Waals surface area contributed by atoms with Gasteiger partial charge in [0.1, 0.15) is 0 Å². The summed E-state index contributed by atoms with van der Waals surface area (Å²) in [5.74, 6) is -1.17. The third-order valence-corrected chi connectivity index (χ3v) is 3.83. The molecule has 7 heteroatoms. The van der Waals surface area contributed by atoms with Crippen LogP contribution in [0.2, 0.25) is 10.0 Å². The Balaban J connectivity index is 2.62. The molecule has 0 bridgehead atoms. The Bertz CT molecular complexity index is 538. The number of carbonyl (C=O) groups is 2. The van der Waals surface area contributed by atoms with Gasteiger partial charge in [-0.3, -0.25) is 14.5 Å². The number of hydrogen-bond acceptors (Lipinski definition) is 3. The van der Waals surface area contributed by atoms with Crippen LogP contribution in [0.3, 0.4) is 0 Å². The van der Waals surface area contributed by atoms with Gasteiger partial charge in [-0.15, -0.1) is 0 Å². The van der Waals surface area contributed by atoms with Gasteiger partial charge in [-0.1, -0.05) is 36.2 Å². The van der Waals surface area contributed by atoms with E-state index < -0.39 is 5.97 Å². The zero-order valence-corrected chi connectivity index (χ0v) is 14.1. The van der Waals surface area contributed by atoms with E-state index in [9.17, 15) is 9.59 Å². The Kier molecular flexibility index (Phi) is 7.65. The molecule has 1 atom stereocenters. The fourth-order valence-corrected chi connectivity index (χ4v) is 2.38. The molecule has 0 radical (unpaired) electrons. The fourth-order valence-electron chi connectivity index (χ4n) is 2.08. The van der Waals surface area contributed by atoms with Gasteiger partial charge in [-0.25, -0.2) is 0 Å². The molecule has 1 unspecified atom stereocenters. The topological polar surface area (TPSA) is 69.6 Å². The zero-order chi connectivity index (χ0) is 16.7. The molecule has 2 N–H and O–H groups in total. The van der Waals surface area contributed by atoms with E-state index in [0.29, 0.717) is 16.6 Å². The van der Waals surface area contributed by atoms with Crippen molar-refractivity contribution < 1.29 is 14.7 Å². The monoisotopic (exact) mass is 346 g/mol. The highest BCUT2D eigenvalue weighted by Gasteiger charge is 2.16. The van der Waals surface area contributed by atoms with Crippen LogP contribution in [-0.2, 0) is 9.59 Å². The molecule has 122 valence electrons. The molecule has 1 aromatic rings. The van der Waals surface area contributed by atoms with Gasteiger partial charge in [0.2, 0.25) is 5.91 Å². The van der Waals surface area contributed by atoms with Gasteiger partial charge in [0.05, 0.1) is 29.2 Å². The molecule has 22 heavy (non-hydrogen) atoms. The Morgan fingerprint density at radius 1 is 1.27 bits per heavy atom. The van der Waals surface area contributed by atoms with Crippen LogP contribution in [0.25, 0.3) is 0 Å². The first-order valence-corrected chi connectivity index (χ1v) is 7.77. The third kappa shape index (κ3) is 6.22. The van der Waals surface area contributed by atoms with E-state index in [1.54, 1.807) is 23.1 Å². The quantitative estimate of drug-likeness (QED) is 0.759. The van der Waals surface area contributed by atoms with Gasteiger partial charge in [0.25, 0.3) is 0 Å². The molecule has 5 nitrogen and oxygen atoms in total. The van der Waals surface area contributed by atoms with E-state index in [2.05, 4.69) is 5.32 Å². The molecular weight excluding hydrogens is 327 g/mol. The average molecular weight is 347 g/mol. The summed E-state index contributed by atoms with van der Waals surface area (Å²) >= 11 is 11.8. The van der Waals surface area contributed by atoms with E-state index in [-0.39, 0.29) is 25.0 Å². The SMILES string of the molecule is CCCN(CC(=O)O)CC(=O)NC(C)c1ccc(Cl)c(Cl)c1. The van der Waals surface area contributed by atoms with Gasteiger partial charge < -0.3 is 10.4 Å². The summed E-state index contributed by atoms with van der Waals surface area (Å²) in [5.41, 5.74) is 0.836. The smallest absolute Gasteiger partial charge is 0.317 e. The lowest BCUT2D eigenvalue weighted by Crippen LogP contribution is -2.40. The van der Waals surface area contributed by atoms with E-state index >= 15 is 0 Å². The van der Waals surface area contributed by atoms with E-state index in [0.717, 1.165) is 12.0 Å². The molecular formula is C15H20Cl2N2O3. The Morgan fingerprint density at radius 3 is 2.50 bits per heavy atom. The summed E-state index contributed by atoms with van der Waals surface area (Å²) in [5, 5.41) is 12.6. The number of aliphatic carboxylic acids is 1. The molecule has 0 aliphatic rings. The van der Waals surface area contributed by atoms with Crippen molar-refractivity contribution in [3.8, 4) is 0 Å². The summed E-state index contributed by atoms with van der Waals surface area (Å²) in [6.07, 6.45) is 0.781. The molecule has 1 rings (SSSR count). The number of amides is 1. The van der Waals surface area contributed by atoms with Crippen molar-refractivity contribution in [3.05, 3.63) is 33.8 Å². The number of carboxylic acid groups (broad SMARTS) is 1. The van der Waals surface area contributed by atoms with E-state index in [1.807, 2.05) is 13.8 Å². The normalized spacial score (nSPS) is 12.2. The lowest BCUT2D eigenvalue weighted by molar-refractivity contribution is -0.138. The standard InChI is InChI=1S/C15H20Cl2N2O3/c1-3-6-19(9-15(21)22)8-14(20)18-10(2)11-4-5-12(16)13(17)7-11/h4-5,7,10H,3,6,8-9H2,1-2H3,(H,18,20)(H,21,22). The molecule has 0 fully saturated rings. The van der Waals surface area contributed by atoms with Crippen LogP contribution in [0, 0.1) is 0 Å². The maximum absolute atomic E-state index is 12.0. The van der Waals surface area contributed by atoms with E-state index in [4.69, 9.17) is 28.3 Å². The number of nitrogens with zero attached hydrogens (tertiary/aromatic N) is 1. The number of rotatable bonds is 8. The Hall–Kier alpha value is -1.30. The second-order valence-corrected chi connectivity index (χ2v) is 5.88. The van der Waals surface area contributed by atoms with Gasteiger partial charge >= 0.3 is 5.97 Å². The maximum Gasteiger partial charge on any atom is 0.317 e. The minimum Gasteiger partial charge on any atom is -0.480 e. The third-order valence-electron chi connectivity index (χ3n) is 3.09. The second kappa shape index (κ2) is 8.98. The average Bonchev–Trinajstić information content (AvgIpc) is 2.41. The largest absolute Gasteiger partial charge is 0.480 e. The molecule has 0 saturated heterocycles. The summed E-state index contributed by atoms with van der Waals surface area (Å²) in [4.78, 5) is 24.4. The zero-order valence-electron chi connectivity index (χ0n) is 12.6. The van der Waals surface area contributed by atoms with Gasteiger partial charge in [-0.05, 0) is 37.6 Å². The van der Waals surface area contributed by atoms with Crippen molar-refractivity contribution in [2.24, 2.45) is 0 Å². The van der Waals surface area contributed by atoms with Crippen LogP contribution in [0.15, 0.2) is 18.2 Å². The molecule has 1 amide bonds. The minimum absolute atomic E-state index is 0.0474. The predicted octanol–water partition coefficient (Wildman–Crippen LogP) is 2.97. The Morgan fingerprint density at radius 2 is 1.95 bits per heavy atom. The molecule has 0 aliphatic carbocycles. The van der Waals surface area contributed by atoms with Gasteiger partial charge in [0.15, 0.2) is 0 Å². The summed E-state index contributed by atoms with van der Waals surface area (Å²) < 4.78 is 0. The van der Waals surface area contributed by atoms with Crippen molar-refractivity contribution in [1.29, 1.82) is 0 Å². The molecule has 0 heterocycles. The van der Waals surface area contributed by atoms with Crippen molar-refractivity contribution in [3.63, 3.8) is 0 Å². The highest BCUT2D eigenvalue weighted by Crippen LogP contribution is 2.25. The van der Waals surface area contributed by atoms with Crippen LogP contribution in [0.4, 0.5) is 0 Å². The summed E-state index contributed by atoms with van der Waals surface area (Å²) in [6, 6.07) is 4.93. The molecule has 0 aromatic heterocycles. The number of hydrogen-bond donors (Lipinski definition) is 2. The first-order chi connectivity index (χ1) is 10.3. The van der Waals surface area contributed by atoms with E-state index in [1.165, 1.54) is 0 Å². The second-order valence-electron chi connectivity index (χ2n) is 5.07. The molecule has 0 spiro atoms.